The van der Waals surface area contributed by atoms with Gasteiger partial charge in [-0.05, 0) is 30.5 Å². The van der Waals surface area contributed by atoms with Gasteiger partial charge in [-0.2, -0.15) is 0 Å². The maximum absolute atomic E-state index is 12.2. The molecule has 0 atom stereocenters. The van der Waals surface area contributed by atoms with Crippen molar-refractivity contribution in [2.75, 3.05) is 26.2 Å². The summed E-state index contributed by atoms with van der Waals surface area (Å²) < 4.78 is 45.4. The summed E-state index contributed by atoms with van der Waals surface area (Å²) in [4.78, 5) is 13.9. The van der Waals surface area contributed by atoms with Crippen molar-refractivity contribution >= 4 is 6.09 Å². The predicted octanol–water partition coefficient (Wildman–Crippen LogP) is 2.91. The molecular formula is C16H19F3N2O3. The van der Waals surface area contributed by atoms with E-state index in [9.17, 15) is 18.0 Å². The van der Waals surface area contributed by atoms with Crippen LogP contribution in [0.25, 0.3) is 0 Å². The first kappa shape index (κ1) is 16.9. The van der Waals surface area contributed by atoms with Crippen LogP contribution in [0, 0.1) is 5.41 Å². The number of hydrogen-bond acceptors (Lipinski definition) is 4. The maximum atomic E-state index is 12.2. The van der Waals surface area contributed by atoms with Crippen molar-refractivity contribution in [3.8, 4) is 5.75 Å². The second-order valence-corrected chi connectivity index (χ2v) is 6.37. The second kappa shape index (κ2) is 6.51. The minimum absolute atomic E-state index is 0.0207. The van der Waals surface area contributed by atoms with E-state index in [-0.39, 0.29) is 23.9 Å². The van der Waals surface area contributed by atoms with Crippen LogP contribution in [0.15, 0.2) is 24.3 Å². The quantitative estimate of drug-likeness (QED) is 0.916. The number of ether oxygens (including phenoxy) is 2. The normalized spacial score (nSPS) is 19.7. The average molecular weight is 344 g/mol. The molecule has 2 aliphatic rings. The molecule has 0 aromatic heterocycles. The molecule has 3 rings (SSSR count). The van der Waals surface area contributed by atoms with Gasteiger partial charge in [0, 0.05) is 31.6 Å². The molecule has 5 nitrogen and oxygen atoms in total. The van der Waals surface area contributed by atoms with Crippen LogP contribution in [0.5, 0.6) is 5.75 Å². The van der Waals surface area contributed by atoms with Crippen LogP contribution in [0.3, 0.4) is 0 Å². The fourth-order valence-electron chi connectivity index (χ4n) is 3.15. The number of piperidine rings is 1. The van der Waals surface area contributed by atoms with E-state index in [0.717, 1.165) is 25.9 Å². The highest BCUT2D eigenvalue weighted by Gasteiger charge is 2.42. The number of likely N-dealkylation sites (tertiary alicyclic amines) is 1. The lowest BCUT2D eigenvalue weighted by Gasteiger charge is -2.48. The molecule has 1 amide bonds. The summed E-state index contributed by atoms with van der Waals surface area (Å²) in [5.74, 6) is -0.298. The van der Waals surface area contributed by atoms with Gasteiger partial charge in [-0.1, -0.05) is 12.1 Å². The lowest BCUT2D eigenvalue weighted by molar-refractivity contribution is -0.274. The summed E-state index contributed by atoms with van der Waals surface area (Å²) >= 11 is 0. The summed E-state index contributed by atoms with van der Waals surface area (Å²) in [6.07, 6.45) is -3.02. The zero-order valence-corrected chi connectivity index (χ0v) is 13.1. The van der Waals surface area contributed by atoms with Crippen LogP contribution in [-0.2, 0) is 11.3 Å². The molecule has 1 spiro atoms. The van der Waals surface area contributed by atoms with Crippen LogP contribution in [0.1, 0.15) is 18.4 Å². The molecule has 1 N–H and O–H groups in total. The summed E-state index contributed by atoms with van der Waals surface area (Å²) in [6, 6.07) is 5.29. The average Bonchev–Trinajstić information content (AvgIpc) is 2.51. The van der Waals surface area contributed by atoms with Crippen molar-refractivity contribution in [1.82, 2.24) is 10.2 Å². The van der Waals surface area contributed by atoms with Gasteiger partial charge in [-0.15, -0.1) is 13.2 Å². The van der Waals surface area contributed by atoms with E-state index in [4.69, 9.17) is 4.74 Å². The first-order chi connectivity index (χ1) is 11.4. The number of hydrogen-bond donors (Lipinski definition) is 1. The third-order valence-corrected chi connectivity index (χ3v) is 4.44. The number of benzene rings is 1. The first-order valence-corrected chi connectivity index (χ1v) is 7.82. The molecule has 0 bridgehead atoms. The number of carbonyl (C=O) groups excluding carboxylic acids is 1. The van der Waals surface area contributed by atoms with E-state index in [2.05, 4.69) is 10.1 Å². The third kappa shape index (κ3) is 4.11. The number of nitrogens with zero attached hydrogens (tertiary/aromatic N) is 1. The molecule has 2 heterocycles. The molecule has 2 aliphatic heterocycles. The molecule has 2 fully saturated rings. The Morgan fingerprint density at radius 3 is 2.54 bits per heavy atom. The zero-order valence-electron chi connectivity index (χ0n) is 13.1. The number of halogens is 3. The van der Waals surface area contributed by atoms with Gasteiger partial charge in [0.2, 0.25) is 0 Å². The Bertz CT molecular complexity index is 585. The van der Waals surface area contributed by atoms with Gasteiger partial charge in [0.25, 0.3) is 0 Å². The zero-order chi connectivity index (χ0) is 17.2. The first-order valence-electron chi connectivity index (χ1n) is 7.82. The highest BCUT2D eigenvalue weighted by Crippen LogP contribution is 2.33. The van der Waals surface area contributed by atoms with Crippen molar-refractivity contribution in [2.45, 2.75) is 25.8 Å². The number of carbonyl (C=O) groups is 1. The SMILES string of the molecule is O=C(OCc1ccc(OC(F)(F)F)cc1)N1CCCC2(CNC2)C1. The van der Waals surface area contributed by atoms with Crippen LogP contribution < -0.4 is 10.1 Å². The Morgan fingerprint density at radius 1 is 1.25 bits per heavy atom. The molecule has 8 heteroatoms. The van der Waals surface area contributed by atoms with Crippen LogP contribution >= 0.6 is 0 Å². The number of nitrogens with one attached hydrogen (secondary N) is 1. The molecule has 132 valence electrons. The Labute approximate surface area is 137 Å². The van der Waals surface area contributed by atoms with Gasteiger partial charge in [0.1, 0.15) is 12.4 Å². The molecule has 0 radical (unpaired) electrons. The molecular weight excluding hydrogens is 325 g/mol. The lowest BCUT2D eigenvalue weighted by Crippen LogP contribution is -2.61. The summed E-state index contributed by atoms with van der Waals surface area (Å²) in [6.45, 7) is 3.25. The summed E-state index contributed by atoms with van der Waals surface area (Å²) in [5.41, 5.74) is 0.795. The smallest absolute Gasteiger partial charge is 0.445 e. The molecule has 1 aromatic rings. The van der Waals surface area contributed by atoms with Gasteiger partial charge < -0.3 is 19.7 Å². The third-order valence-electron chi connectivity index (χ3n) is 4.44. The molecule has 1 aromatic carbocycles. The highest BCUT2D eigenvalue weighted by atomic mass is 19.4. The van der Waals surface area contributed by atoms with Crippen LogP contribution in [0.4, 0.5) is 18.0 Å². The number of amides is 1. The van der Waals surface area contributed by atoms with E-state index >= 15 is 0 Å². The topological polar surface area (TPSA) is 50.8 Å². The largest absolute Gasteiger partial charge is 0.573 e. The van der Waals surface area contributed by atoms with Gasteiger partial charge in [-0.3, -0.25) is 0 Å². The van der Waals surface area contributed by atoms with Crippen molar-refractivity contribution < 1.29 is 27.4 Å². The van der Waals surface area contributed by atoms with Crippen molar-refractivity contribution in [1.29, 1.82) is 0 Å². The number of rotatable bonds is 3. The van der Waals surface area contributed by atoms with E-state index < -0.39 is 6.36 Å². The van der Waals surface area contributed by atoms with Gasteiger partial charge in [-0.25, -0.2) is 4.79 Å². The van der Waals surface area contributed by atoms with Gasteiger partial charge in [0.05, 0.1) is 0 Å². The van der Waals surface area contributed by atoms with Crippen molar-refractivity contribution in [2.24, 2.45) is 5.41 Å². The van der Waals surface area contributed by atoms with Gasteiger partial charge in [0.15, 0.2) is 0 Å². The Balaban J connectivity index is 1.49. The van der Waals surface area contributed by atoms with E-state index in [1.54, 1.807) is 4.90 Å². The Hall–Kier alpha value is -1.96. The molecule has 0 unspecified atom stereocenters. The molecule has 2 saturated heterocycles. The predicted molar refractivity (Wildman–Crippen MR) is 79.4 cm³/mol. The second-order valence-electron chi connectivity index (χ2n) is 6.37. The van der Waals surface area contributed by atoms with Gasteiger partial charge >= 0.3 is 12.5 Å². The summed E-state index contributed by atoms with van der Waals surface area (Å²) in [5, 5.41) is 3.24. The summed E-state index contributed by atoms with van der Waals surface area (Å²) in [7, 11) is 0. The molecule has 0 aliphatic carbocycles. The molecule has 0 saturated carbocycles. The van der Waals surface area contributed by atoms with Crippen molar-refractivity contribution in [3.05, 3.63) is 29.8 Å². The molecule has 24 heavy (non-hydrogen) atoms. The van der Waals surface area contributed by atoms with Crippen molar-refractivity contribution in [3.63, 3.8) is 0 Å². The maximum Gasteiger partial charge on any atom is 0.573 e. The minimum atomic E-state index is -4.71. The van der Waals surface area contributed by atoms with Crippen LogP contribution in [-0.4, -0.2) is 43.5 Å². The number of alkyl halides is 3. The van der Waals surface area contributed by atoms with Crippen LogP contribution in [0.2, 0.25) is 0 Å². The van der Waals surface area contributed by atoms with E-state index in [1.807, 2.05) is 0 Å². The minimum Gasteiger partial charge on any atom is -0.445 e. The monoisotopic (exact) mass is 344 g/mol. The van der Waals surface area contributed by atoms with E-state index in [1.165, 1.54) is 24.3 Å². The Morgan fingerprint density at radius 2 is 1.96 bits per heavy atom. The Kier molecular flexibility index (Phi) is 4.58. The fraction of sp³-hybridized carbons (Fsp3) is 0.562. The van der Waals surface area contributed by atoms with E-state index in [0.29, 0.717) is 18.7 Å². The highest BCUT2D eigenvalue weighted by molar-refractivity contribution is 5.68. The lowest BCUT2D eigenvalue weighted by atomic mass is 9.75. The standard InChI is InChI=1S/C16H19F3N2O3/c17-16(18,19)24-13-4-2-12(3-5-13)8-23-14(22)21-7-1-6-15(11-21)9-20-10-15/h2-5,20H,1,6-11H2. The fourth-order valence-corrected chi connectivity index (χ4v) is 3.15.